The van der Waals surface area contributed by atoms with E-state index in [-0.39, 0.29) is 5.56 Å². The quantitative estimate of drug-likeness (QED) is 0.847. The van der Waals surface area contributed by atoms with Gasteiger partial charge in [-0.3, -0.25) is 4.79 Å². The van der Waals surface area contributed by atoms with Gasteiger partial charge in [0.25, 0.3) is 5.91 Å². The number of benzene rings is 2. The monoisotopic (exact) mass is 282 g/mol. The Kier molecular flexibility index (Phi) is 5.08. The number of nitrogens with two attached hydrogens (primary N) is 1. The predicted molar refractivity (Wildman–Crippen MR) is 79.9 cm³/mol. The van der Waals surface area contributed by atoms with Gasteiger partial charge in [0.1, 0.15) is 5.82 Å². The molecule has 0 saturated carbocycles. The third-order valence-corrected chi connectivity index (χ3v) is 2.86. The first kappa shape index (κ1) is 14.8. The Morgan fingerprint density at radius 2 is 1.86 bits per heavy atom. The Balaban J connectivity index is 1.97. The molecule has 0 radical (unpaired) electrons. The minimum Gasteiger partial charge on any atom is -0.348 e. The zero-order valence-electron chi connectivity index (χ0n) is 11.4. The molecule has 1 amide bonds. The van der Waals surface area contributed by atoms with Crippen LogP contribution in [0.1, 0.15) is 21.5 Å². The molecule has 3 nitrogen and oxygen atoms in total. The minimum absolute atomic E-state index is 0.0444. The van der Waals surface area contributed by atoms with E-state index in [4.69, 9.17) is 5.73 Å². The summed E-state index contributed by atoms with van der Waals surface area (Å²) in [6.45, 7) is 0.651. The number of amides is 1. The van der Waals surface area contributed by atoms with Gasteiger partial charge >= 0.3 is 0 Å². The molecule has 0 saturated heterocycles. The molecule has 0 aliphatic rings. The Hall–Kier alpha value is -2.64. The van der Waals surface area contributed by atoms with Crippen LogP contribution in [-0.4, -0.2) is 12.5 Å². The highest BCUT2D eigenvalue weighted by atomic mass is 19.1. The fourth-order valence-electron chi connectivity index (χ4n) is 1.78. The van der Waals surface area contributed by atoms with E-state index >= 15 is 0 Å². The highest BCUT2D eigenvalue weighted by Crippen LogP contribution is 2.07. The van der Waals surface area contributed by atoms with Crippen molar-refractivity contribution < 1.29 is 9.18 Å². The smallest absolute Gasteiger partial charge is 0.254 e. The Bertz CT molecular complexity index is 684. The molecule has 0 unspecified atom stereocenters. The van der Waals surface area contributed by atoms with Gasteiger partial charge in [-0.1, -0.05) is 36.1 Å². The first-order chi connectivity index (χ1) is 10.2. The topological polar surface area (TPSA) is 55.1 Å². The molecular formula is C17H15FN2O. The molecule has 0 bridgehead atoms. The zero-order chi connectivity index (χ0) is 15.1. The lowest BCUT2D eigenvalue weighted by atomic mass is 10.1. The molecule has 4 heteroatoms. The first-order valence-corrected chi connectivity index (χ1v) is 6.51. The second-order valence-corrected chi connectivity index (χ2v) is 4.37. The van der Waals surface area contributed by atoms with Gasteiger partial charge in [-0.25, -0.2) is 4.39 Å². The van der Waals surface area contributed by atoms with Gasteiger partial charge in [0, 0.05) is 12.1 Å². The van der Waals surface area contributed by atoms with Gasteiger partial charge in [-0.2, -0.15) is 0 Å². The van der Waals surface area contributed by atoms with E-state index in [1.54, 1.807) is 12.1 Å². The summed E-state index contributed by atoms with van der Waals surface area (Å²) in [5.41, 5.74) is 7.13. The molecule has 2 aromatic carbocycles. The van der Waals surface area contributed by atoms with Crippen molar-refractivity contribution in [3.8, 4) is 11.8 Å². The molecule has 0 spiro atoms. The summed E-state index contributed by atoms with van der Waals surface area (Å²) in [7, 11) is 0. The molecule has 2 rings (SSSR count). The predicted octanol–water partition coefficient (Wildman–Crippen LogP) is 2.07. The van der Waals surface area contributed by atoms with Crippen LogP contribution in [0.15, 0.2) is 48.5 Å². The molecule has 106 valence electrons. The van der Waals surface area contributed by atoms with E-state index in [0.717, 1.165) is 11.1 Å². The van der Waals surface area contributed by atoms with E-state index < -0.39 is 11.7 Å². The lowest BCUT2D eigenvalue weighted by Crippen LogP contribution is -2.23. The van der Waals surface area contributed by atoms with Crippen LogP contribution >= 0.6 is 0 Å². The number of halogens is 1. The Labute approximate surface area is 123 Å². The summed E-state index contributed by atoms with van der Waals surface area (Å²) < 4.78 is 13.5. The summed E-state index contributed by atoms with van der Waals surface area (Å²) in [6.07, 6.45) is 0. The average molecular weight is 282 g/mol. The summed E-state index contributed by atoms with van der Waals surface area (Å²) in [5, 5.41) is 2.68. The van der Waals surface area contributed by atoms with Crippen LogP contribution in [0, 0.1) is 17.7 Å². The molecule has 0 fully saturated rings. The van der Waals surface area contributed by atoms with Crippen molar-refractivity contribution in [1.82, 2.24) is 5.32 Å². The normalized spacial score (nSPS) is 9.62. The van der Waals surface area contributed by atoms with Crippen molar-refractivity contribution in [2.24, 2.45) is 5.73 Å². The number of hydrogen-bond acceptors (Lipinski definition) is 2. The Morgan fingerprint density at radius 1 is 1.14 bits per heavy atom. The fraction of sp³-hybridized carbons (Fsp3) is 0.118. The maximum atomic E-state index is 13.5. The second-order valence-electron chi connectivity index (χ2n) is 4.37. The molecule has 0 aliphatic heterocycles. The lowest BCUT2D eigenvalue weighted by Gasteiger charge is -2.06. The standard InChI is InChI=1S/C17H15FN2O/c18-16-6-2-1-5-15(16)17(21)20-12-14-9-7-13(8-10-14)4-3-11-19/h1-2,5-10H,11-12,19H2,(H,20,21). The Morgan fingerprint density at radius 3 is 2.52 bits per heavy atom. The average Bonchev–Trinajstić information content (AvgIpc) is 2.52. The van der Waals surface area contributed by atoms with Crippen LogP contribution in [0.25, 0.3) is 0 Å². The fourth-order valence-corrected chi connectivity index (χ4v) is 1.78. The van der Waals surface area contributed by atoms with Gasteiger partial charge in [0.05, 0.1) is 12.1 Å². The number of nitrogens with one attached hydrogen (secondary N) is 1. The van der Waals surface area contributed by atoms with Crippen molar-refractivity contribution in [2.75, 3.05) is 6.54 Å². The van der Waals surface area contributed by atoms with Crippen LogP contribution < -0.4 is 11.1 Å². The molecule has 0 atom stereocenters. The third kappa shape index (κ3) is 4.16. The SMILES string of the molecule is NCC#Cc1ccc(CNC(=O)c2ccccc2F)cc1. The molecule has 2 aromatic rings. The van der Waals surface area contributed by atoms with Crippen molar-refractivity contribution in [3.05, 3.63) is 71.0 Å². The molecule has 0 aromatic heterocycles. The van der Waals surface area contributed by atoms with Crippen molar-refractivity contribution in [1.29, 1.82) is 0 Å². The number of rotatable bonds is 3. The number of hydrogen-bond donors (Lipinski definition) is 2. The summed E-state index contributed by atoms with van der Waals surface area (Å²) in [4.78, 5) is 11.9. The van der Waals surface area contributed by atoms with Crippen LogP contribution in [0.3, 0.4) is 0 Å². The van der Waals surface area contributed by atoms with Crippen LogP contribution in [0.4, 0.5) is 4.39 Å². The zero-order valence-corrected chi connectivity index (χ0v) is 11.4. The first-order valence-electron chi connectivity index (χ1n) is 6.51. The third-order valence-electron chi connectivity index (χ3n) is 2.86. The highest BCUT2D eigenvalue weighted by Gasteiger charge is 2.09. The summed E-state index contributed by atoms with van der Waals surface area (Å²) in [6, 6.07) is 13.3. The van der Waals surface area contributed by atoms with Gasteiger partial charge in [-0.15, -0.1) is 0 Å². The van der Waals surface area contributed by atoms with Gasteiger partial charge in [0.15, 0.2) is 0 Å². The van der Waals surface area contributed by atoms with Crippen LogP contribution in [-0.2, 0) is 6.54 Å². The maximum absolute atomic E-state index is 13.5. The van der Waals surface area contributed by atoms with Crippen molar-refractivity contribution in [3.63, 3.8) is 0 Å². The van der Waals surface area contributed by atoms with Crippen LogP contribution in [0.2, 0.25) is 0 Å². The number of carbonyl (C=O) groups excluding carboxylic acids is 1. The molecule has 0 heterocycles. The molecule has 3 N–H and O–H groups in total. The van der Waals surface area contributed by atoms with Gasteiger partial charge < -0.3 is 11.1 Å². The van der Waals surface area contributed by atoms with E-state index in [1.165, 1.54) is 12.1 Å². The summed E-state index contributed by atoms with van der Waals surface area (Å²) in [5.74, 6) is 4.73. The van der Waals surface area contributed by atoms with Crippen molar-refractivity contribution >= 4 is 5.91 Å². The molecule has 21 heavy (non-hydrogen) atoms. The second kappa shape index (κ2) is 7.22. The van der Waals surface area contributed by atoms with Gasteiger partial charge in [0.2, 0.25) is 0 Å². The van der Waals surface area contributed by atoms with E-state index in [2.05, 4.69) is 17.2 Å². The molecule has 0 aliphatic carbocycles. The highest BCUT2D eigenvalue weighted by molar-refractivity contribution is 5.94. The van der Waals surface area contributed by atoms with Crippen molar-refractivity contribution in [2.45, 2.75) is 6.54 Å². The minimum atomic E-state index is -0.526. The van der Waals surface area contributed by atoms with Crippen LogP contribution in [0.5, 0.6) is 0 Å². The summed E-state index contributed by atoms with van der Waals surface area (Å²) >= 11 is 0. The van der Waals surface area contributed by atoms with E-state index in [1.807, 2.05) is 24.3 Å². The van der Waals surface area contributed by atoms with E-state index in [0.29, 0.717) is 13.1 Å². The largest absolute Gasteiger partial charge is 0.348 e. The maximum Gasteiger partial charge on any atom is 0.254 e. The lowest BCUT2D eigenvalue weighted by molar-refractivity contribution is 0.0947. The van der Waals surface area contributed by atoms with Gasteiger partial charge in [-0.05, 0) is 29.8 Å². The molecular weight excluding hydrogens is 267 g/mol. The number of carbonyl (C=O) groups is 1. The van der Waals surface area contributed by atoms with E-state index in [9.17, 15) is 9.18 Å².